The van der Waals surface area contributed by atoms with Gasteiger partial charge in [-0.3, -0.25) is 14.8 Å². The third-order valence-electron chi connectivity index (χ3n) is 4.54. The zero-order valence-corrected chi connectivity index (χ0v) is 17.2. The highest BCUT2D eigenvalue weighted by molar-refractivity contribution is 7.89. The summed E-state index contributed by atoms with van der Waals surface area (Å²) in [5.41, 5.74) is 1.94. The van der Waals surface area contributed by atoms with E-state index in [1.165, 1.54) is 41.8 Å². The average Bonchev–Trinajstić information content (AvgIpc) is 3.18. The number of ether oxygens (including phenoxy) is 1. The van der Waals surface area contributed by atoms with E-state index in [2.05, 4.69) is 9.59 Å². The number of benzene rings is 1. The predicted octanol–water partition coefficient (Wildman–Crippen LogP) is -0.124. The van der Waals surface area contributed by atoms with Gasteiger partial charge in [0.2, 0.25) is 10.0 Å². The molecule has 13 heteroatoms. The maximum atomic E-state index is 13.1. The topological polar surface area (TPSA) is 142 Å². The molecule has 1 aliphatic rings. The van der Waals surface area contributed by atoms with Crippen molar-refractivity contribution in [1.29, 1.82) is 0 Å². The molecule has 1 atom stereocenters. The summed E-state index contributed by atoms with van der Waals surface area (Å²) < 4.78 is 35.9. The lowest BCUT2D eigenvalue weighted by atomic mass is 10.2. The molecule has 2 N–H and O–H groups in total. The van der Waals surface area contributed by atoms with Gasteiger partial charge in [-0.25, -0.2) is 13.9 Å². The molecule has 3 rings (SSSR count). The third-order valence-corrected chi connectivity index (χ3v) is 7.28. The Kier molecular flexibility index (Phi) is 6.12. The molecule has 156 valence electrons. The van der Waals surface area contributed by atoms with Crippen molar-refractivity contribution in [3.05, 3.63) is 34.8 Å². The van der Waals surface area contributed by atoms with E-state index in [4.69, 9.17) is 9.94 Å². The molecule has 2 aromatic rings. The molecular formula is C16H19N5O6S2. The number of sulfonamides is 1. The Morgan fingerprint density at radius 2 is 1.97 bits per heavy atom. The minimum atomic E-state index is -4.06. The molecule has 2 heterocycles. The van der Waals surface area contributed by atoms with Crippen LogP contribution in [0, 0.1) is 6.92 Å². The minimum Gasteiger partial charge on any atom is -0.497 e. The maximum Gasteiger partial charge on any atom is 0.267 e. The molecular weight excluding hydrogens is 422 g/mol. The molecule has 2 amide bonds. The van der Waals surface area contributed by atoms with E-state index in [1.54, 1.807) is 6.92 Å². The predicted molar refractivity (Wildman–Crippen MR) is 101 cm³/mol. The Morgan fingerprint density at radius 1 is 1.28 bits per heavy atom. The fourth-order valence-corrected chi connectivity index (χ4v) is 5.18. The number of methoxy groups -OCH3 is 1. The Labute approximate surface area is 171 Å². The highest BCUT2D eigenvalue weighted by Gasteiger charge is 2.42. The molecule has 0 bridgehead atoms. The molecule has 0 saturated carbocycles. The fraction of sp³-hybridized carbons (Fsp3) is 0.375. The van der Waals surface area contributed by atoms with E-state index >= 15 is 0 Å². The van der Waals surface area contributed by atoms with Crippen LogP contribution < -0.4 is 10.2 Å². The second kappa shape index (κ2) is 8.41. The highest BCUT2D eigenvalue weighted by atomic mass is 32.2. The van der Waals surface area contributed by atoms with Crippen LogP contribution in [0.1, 0.15) is 15.4 Å². The van der Waals surface area contributed by atoms with E-state index in [-0.39, 0.29) is 24.5 Å². The summed E-state index contributed by atoms with van der Waals surface area (Å²) in [6.45, 7) is 1.36. The number of carbonyl (C=O) groups is 2. The first-order valence-electron chi connectivity index (χ1n) is 8.47. The average molecular weight is 441 g/mol. The SMILES string of the molecule is COc1ccc(S(=O)(=O)N2CCN(C(=O)c3snnc3C)CC2C(=O)NO)cc1. The lowest BCUT2D eigenvalue weighted by molar-refractivity contribution is -0.134. The molecule has 29 heavy (non-hydrogen) atoms. The lowest BCUT2D eigenvalue weighted by Gasteiger charge is -2.39. The van der Waals surface area contributed by atoms with Crippen LogP contribution in [0.15, 0.2) is 29.2 Å². The maximum absolute atomic E-state index is 13.1. The van der Waals surface area contributed by atoms with Crippen molar-refractivity contribution in [2.45, 2.75) is 17.9 Å². The molecule has 11 nitrogen and oxygen atoms in total. The first kappa shape index (κ1) is 21.1. The van der Waals surface area contributed by atoms with E-state index in [0.29, 0.717) is 16.3 Å². The summed E-state index contributed by atoms with van der Waals surface area (Å²) in [7, 11) is -2.60. The van der Waals surface area contributed by atoms with E-state index in [9.17, 15) is 18.0 Å². The van der Waals surface area contributed by atoms with Gasteiger partial charge in [-0.2, -0.15) is 4.31 Å². The van der Waals surface area contributed by atoms with E-state index < -0.39 is 27.9 Å². The summed E-state index contributed by atoms with van der Waals surface area (Å²) in [5, 5.41) is 12.9. The molecule has 0 aliphatic carbocycles. The van der Waals surface area contributed by atoms with Gasteiger partial charge in [-0.15, -0.1) is 5.10 Å². The normalized spacial score (nSPS) is 17.8. The second-order valence-electron chi connectivity index (χ2n) is 6.22. The van der Waals surface area contributed by atoms with Gasteiger partial charge in [0, 0.05) is 19.6 Å². The monoisotopic (exact) mass is 441 g/mol. The zero-order valence-electron chi connectivity index (χ0n) is 15.6. The third kappa shape index (κ3) is 4.07. The molecule has 1 aliphatic heterocycles. The van der Waals surface area contributed by atoms with E-state index in [0.717, 1.165) is 15.8 Å². The second-order valence-corrected chi connectivity index (χ2v) is 8.87. The van der Waals surface area contributed by atoms with Crippen LogP contribution >= 0.6 is 11.5 Å². The standard InChI is InChI=1S/C16H19N5O6S2/c1-10-14(28-19-17-10)16(23)20-7-8-21(13(9-20)15(22)18-24)29(25,26)12-5-3-11(27-2)4-6-12/h3-6,13,24H,7-9H2,1-2H3,(H,18,22). The van der Waals surface area contributed by atoms with Crippen LogP contribution in [0.3, 0.4) is 0 Å². The molecule has 1 unspecified atom stereocenters. The Balaban J connectivity index is 1.88. The van der Waals surface area contributed by atoms with Gasteiger partial charge in [-0.1, -0.05) is 4.49 Å². The number of aryl methyl sites for hydroxylation is 1. The molecule has 1 aromatic carbocycles. The van der Waals surface area contributed by atoms with Crippen LogP contribution in [-0.2, 0) is 14.8 Å². The summed E-state index contributed by atoms with van der Waals surface area (Å²) in [5.74, 6) is -0.842. The first-order valence-corrected chi connectivity index (χ1v) is 10.7. The fourth-order valence-electron chi connectivity index (χ4n) is 2.98. The number of nitrogens with zero attached hydrogens (tertiary/aromatic N) is 4. The largest absolute Gasteiger partial charge is 0.497 e. The Hall–Kier alpha value is -2.61. The number of aromatic nitrogens is 2. The van der Waals surface area contributed by atoms with Crippen LogP contribution in [-0.4, -0.2) is 77.0 Å². The van der Waals surface area contributed by atoms with Crippen LogP contribution in [0.4, 0.5) is 0 Å². The van der Waals surface area contributed by atoms with Crippen molar-refractivity contribution < 1.29 is 28.0 Å². The number of piperazine rings is 1. The number of hydroxylamine groups is 1. The summed E-state index contributed by atoms with van der Waals surface area (Å²) >= 11 is 0.927. The van der Waals surface area contributed by atoms with Gasteiger partial charge in [-0.05, 0) is 42.7 Å². The van der Waals surface area contributed by atoms with Crippen LogP contribution in [0.5, 0.6) is 5.75 Å². The van der Waals surface area contributed by atoms with Gasteiger partial charge in [0.25, 0.3) is 11.8 Å². The quantitative estimate of drug-likeness (QED) is 0.483. The number of nitrogens with one attached hydrogen (secondary N) is 1. The van der Waals surface area contributed by atoms with Gasteiger partial charge in [0.15, 0.2) is 0 Å². The molecule has 1 fully saturated rings. The number of rotatable bonds is 5. The molecule has 0 radical (unpaired) electrons. The summed E-state index contributed by atoms with van der Waals surface area (Å²) in [4.78, 5) is 26.6. The van der Waals surface area contributed by atoms with Crippen molar-refractivity contribution in [2.24, 2.45) is 0 Å². The molecule has 1 aromatic heterocycles. The summed E-state index contributed by atoms with van der Waals surface area (Å²) in [6.07, 6.45) is 0. The van der Waals surface area contributed by atoms with Crippen LogP contribution in [0.25, 0.3) is 0 Å². The van der Waals surface area contributed by atoms with E-state index in [1.807, 2.05) is 0 Å². The Morgan fingerprint density at radius 3 is 2.52 bits per heavy atom. The smallest absolute Gasteiger partial charge is 0.267 e. The van der Waals surface area contributed by atoms with Gasteiger partial charge < -0.3 is 9.64 Å². The number of carbonyl (C=O) groups excluding carboxylic acids is 2. The molecule has 0 spiro atoms. The van der Waals surface area contributed by atoms with Crippen molar-refractivity contribution in [1.82, 2.24) is 24.3 Å². The van der Waals surface area contributed by atoms with Gasteiger partial charge in [0.1, 0.15) is 16.7 Å². The Bertz CT molecular complexity index is 1010. The lowest BCUT2D eigenvalue weighted by Crippen LogP contribution is -2.61. The van der Waals surface area contributed by atoms with Gasteiger partial charge in [0.05, 0.1) is 17.7 Å². The number of hydrogen-bond acceptors (Lipinski definition) is 9. The van der Waals surface area contributed by atoms with Crippen molar-refractivity contribution >= 4 is 33.4 Å². The van der Waals surface area contributed by atoms with Crippen molar-refractivity contribution in [3.63, 3.8) is 0 Å². The van der Waals surface area contributed by atoms with Crippen molar-refractivity contribution in [3.8, 4) is 5.75 Å². The number of hydrogen-bond donors (Lipinski definition) is 2. The van der Waals surface area contributed by atoms with Gasteiger partial charge >= 0.3 is 0 Å². The minimum absolute atomic E-state index is 0.0312. The number of amides is 2. The zero-order chi connectivity index (χ0) is 21.2. The highest BCUT2D eigenvalue weighted by Crippen LogP contribution is 2.25. The van der Waals surface area contributed by atoms with Crippen molar-refractivity contribution in [2.75, 3.05) is 26.7 Å². The summed E-state index contributed by atoms with van der Waals surface area (Å²) in [6, 6.07) is 4.42. The molecule has 1 saturated heterocycles. The van der Waals surface area contributed by atoms with Crippen LogP contribution in [0.2, 0.25) is 0 Å². The first-order chi connectivity index (χ1) is 13.8.